The molecule has 92 valence electrons. The Hall–Kier alpha value is -1.51. The van der Waals surface area contributed by atoms with Gasteiger partial charge in [0.1, 0.15) is 0 Å². The van der Waals surface area contributed by atoms with Crippen molar-refractivity contribution in [1.29, 1.82) is 0 Å². The summed E-state index contributed by atoms with van der Waals surface area (Å²) in [7, 11) is 0. The summed E-state index contributed by atoms with van der Waals surface area (Å²) in [5.41, 5.74) is 7.63. The third-order valence-corrected chi connectivity index (χ3v) is 3.42. The van der Waals surface area contributed by atoms with Gasteiger partial charge in [0.15, 0.2) is 0 Å². The second kappa shape index (κ2) is 5.21. The first kappa shape index (κ1) is 12.0. The van der Waals surface area contributed by atoms with E-state index in [0.717, 1.165) is 30.6 Å². The van der Waals surface area contributed by atoms with Gasteiger partial charge in [-0.1, -0.05) is 19.1 Å². The van der Waals surface area contributed by atoms with Gasteiger partial charge in [-0.2, -0.15) is 0 Å². The zero-order valence-corrected chi connectivity index (χ0v) is 10.4. The minimum atomic E-state index is 0.275. The molecule has 2 N–H and O–H groups in total. The van der Waals surface area contributed by atoms with Gasteiger partial charge in [-0.3, -0.25) is 4.79 Å². The first-order valence-corrected chi connectivity index (χ1v) is 6.27. The molecular weight excluding hydrogens is 212 g/mol. The monoisotopic (exact) mass is 232 g/mol. The van der Waals surface area contributed by atoms with E-state index in [0.29, 0.717) is 18.9 Å². The molecule has 1 aliphatic rings. The van der Waals surface area contributed by atoms with Crippen LogP contribution in [0.2, 0.25) is 0 Å². The number of benzene rings is 1. The van der Waals surface area contributed by atoms with E-state index in [2.05, 4.69) is 6.92 Å². The quantitative estimate of drug-likeness (QED) is 0.796. The van der Waals surface area contributed by atoms with Gasteiger partial charge in [-0.25, -0.2) is 0 Å². The molecule has 2 rings (SSSR count). The van der Waals surface area contributed by atoms with Gasteiger partial charge >= 0.3 is 0 Å². The van der Waals surface area contributed by atoms with Gasteiger partial charge in [-0.15, -0.1) is 0 Å². The van der Waals surface area contributed by atoms with Crippen molar-refractivity contribution in [2.75, 3.05) is 12.3 Å². The number of hydrogen-bond acceptors (Lipinski definition) is 2. The molecule has 1 fully saturated rings. The number of anilines is 1. The van der Waals surface area contributed by atoms with Gasteiger partial charge in [-0.05, 0) is 36.5 Å². The maximum absolute atomic E-state index is 11.9. The number of likely N-dealkylation sites (tertiary alicyclic amines) is 1. The summed E-state index contributed by atoms with van der Waals surface area (Å²) in [5.74, 6) is 0.932. The van der Waals surface area contributed by atoms with Crippen LogP contribution in [0, 0.1) is 5.92 Å². The van der Waals surface area contributed by atoms with Gasteiger partial charge < -0.3 is 10.6 Å². The molecule has 0 aromatic heterocycles. The zero-order chi connectivity index (χ0) is 12.3. The van der Waals surface area contributed by atoms with E-state index in [9.17, 15) is 4.79 Å². The van der Waals surface area contributed by atoms with Crippen molar-refractivity contribution in [3.63, 3.8) is 0 Å². The number of nitrogens with zero attached hydrogens (tertiary/aromatic N) is 1. The fourth-order valence-corrected chi connectivity index (χ4v) is 2.25. The number of carbonyl (C=O) groups excluding carboxylic acids is 1. The van der Waals surface area contributed by atoms with Crippen LogP contribution in [0.1, 0.15) is 31.7 Å². The van der Waals surface area contributed by atoms with Crippen LogP contribution in [0.25, 0.3) is 0 Å². The van der Waals surface area contributed by atoms with Crippen LogP contribution in [-0.4, -0.2) is 17.4 Å². The lowest BCUT2D eigenvalue weighted by Gasteiger charge is -2.20. The number of hydrogen-bond donors (Lipinski definition) is 1. The Kier molecular flexibility index (Phi) is 3.67. The van der Waals surface area contributed by atoms with E-state index >= 15 is 0 Å². The minimum absolute atomic E-state index is 0.275. The highest BCUT2D eigenvalue weighted by atomic mass is 16.2. The van der Waals surface area contributed by atoms with Crippen LogP contribution in [0.5, 0.6) is 0 Å². The lowest BCUT2D eigenvalue weighted by molar-refractivity contribution is -0.131. The molecule has 1 atom stereocenters. The molecule has 0 aliphatic carbocycles. The standard InChI is InChI=1S/C14H20N2O/c1-11-5-6-14(17)16(8-7-11)10-12-3-2-4-13(15)9-12/h2-4,9,11H,5-8,10,15H2,1H3. The highest BCUT2D eigenvalue weighted by Gasteiger charge is 2.19. The van der Waals surface area contributed by atoms with Crippen molar-refractivity contribution in [2.24, 2.45) is 5.92 Å². The Bertz CT molecular complexity index is 403. The van der Waals surface area contributed by atoms with Crippen molar-refractivity contribution in [2.45, 2.75) is 32.7 Å². The van der Waals surface area contributed by atoms with Gasteiger partial charge in [0.2, 0.25) is 5.91 Å². The molecule has 17 heavy (non-hydrogen) atoms. The molecular formula is C14H20N2O. The third-order valence-electron chi connectivity index (χ3n) is 3.42. The molecule has 1 heterocycles. The first-order valence-electron chi connectivity index (χ1n) is 6.27. The predicted octanol–water partition coefficient (Wildman–Crippen LogP) is 2.42. The fraction of sp³-hybridized carbons (Fsp3) is 0.500. The third kappa shape index (κ3) is 3.22. The second-order valence-corrected chi connectivity index (χ2v) is 4.99. The van der Waals surface area contributed by atoms with Crippen molar-refractivity contribution in [3.05, 3.63) is 29.8 Å². The van der Waals surface area contributed by atoms with E-state index in [1.807, 2.05) is 29.2 Å². The van der Waals surface area contributed by atoms with Gasteiger partial charge in [0.25, 0.3) is 0 Å². The predicted molar refractivity (Wildman–Crippen MR) is 69.3 cm³/mol. The van der Waals surface area contributed by atoms with E-state index < -0.39 is 0 Å². The van der Waals surface area contributed by atoms with E-state index in [1.54, 1.807) is 0 Å². The van der Waals surface area contributed by atoms with Crippen LogP contribution in [-0.2, 0) is 11.3 Å². The Morgan fingerprint density at radius 1 is 1.41 bits per heavy atom. The minimum Gasteiger partial charge on any atom is -0.399 e. The Labute approximate surface area is 103 Å². The van der Waals surface area contributed by atoms with Crippen molar-refractivity contribution in [3.8, 4) is 0 Å². The SMILES string of the molecule is CC1CCC(=O)N(Cc2cccc(N)c2)CC1. The van der Waals surface area contributed by atoms with E-state index in [1.165, 1.54) is 0 Å². The molecule has 0 spiro atoms. The van der Waals surface area contributed by atoms with Crippen molar-refractivity contribution in [1.82, 2.24) is 4.90 Å². The van der Waals surface area contributed by atoms with Crippen molar-refractivity contribution < 1.29 is 4.79 Å². The Morgan fingerprint density at radius 2 is 2.24 bits per heavy atom. The summed E-state index contributed by atoms with van der Waals surface area (Å²) < 4.78 is 0. The molecule has 1 unspecified atom stereocenters. The fourth-order valence-electron chi connectivity index (χ4n) is 2.25. The molecule has 0 saturated carbocycles. The summed E-state index contributed by atoms with van der Waals surface area (Å²) in [6.45, 7) is 3.78. The summed E-state index contributed by atoms with van der Waals surface area (Å²) in [6, 6.07) is 7.78. The summed E-state index contributed by atoms with van der Waals surface area (Å²) >= 11 is 0. The van der Waals surface area contributed by atoms with Crippen LogP contribution < -0.4 is 5.73 Å². The average molecular weight is 232 g/mol. The Morgan fingerprint density at radius 3 is 3.00 bits per heavy atom. The van der Waals surface area contributed by atoms with Crippen molar-refractivity contribution >= 4 is 11.6 Å². The van der Waals surface area contributed by atoms with Crippen LogP contribution >= 0.6 is 0 Å². The molecule has 0 radical (unpaired) electrons. The smallest absolute Gasteiger partial charge is 0.222 e. The zero-order valence-electron chi connectivity index (χ0n) is 10.4. The van der Waals surface area contributed by atoms with Crippen LogP contribution in [0.15, 0.2) is 24.3 Å². The number of rotatable bonds is 2. The maximum Gasteiger partial charge on any atom is 0.222 e. The van der Waals surface area contributed by atoms with Gasteiger partial charge in [0, 0.05) is 25.2 Å². The molecule has 3 nitrogen and oxygen atoms in total. The summed E-state index contributed by atoms with van der Waals surface area (Å²) in [5, 5.41) is 0. The summed E-state index contributed by atoms with van der Waals surface area (Å²) in [4.78, 5) is 13.9. The number of nitrogens with two attached hydrogens (primary N) is 1. The highest BCUT2D eigenvalue weighted by Crippen LogP contribution is 2.19. The number of carbonyl (C=O) groups is 1. The molecule has 3 heteroatoms. The molecule has 1 aromatic carbocycles. The average Bonchev–Trinajstić information content (AvgIpc) is 2.45. The lowest BCUT2D eigenvalue weighted by atomic mass is 10.0. The lowest BCUT2D eigenvalue weighted by Crippen LogP contribution is -2.29. The molecule has 1 aliphatic heterocycles. The van der Waals surface area contributed by atoms with E-state index in [4.69, 9.17) is 5.73 Å². The second-order valence-electron chi connectivity index (χ2n) is 4.99. The largest absolute Gasteiger partial charge is 0.399 e. The van der Waals surface area contributed by atoms with Gasteiger partial charge in [0.05, 0.1) is 0 Å². The van der Waals surface area contributed by atoms with E-state index in [-0.39, 0.29) is 5.91 Å². The Balaban J connectivity index is 2.04. The summed E-state index contributed by atoms with van der Waals surface area (Å²) in [6.07, 6.45) is 2.81. The molecule has 0 bridgehead atoms. The first-order chi connectivity index (χ1) is 8.15. The molecule has 1 saturated heterocycles. The topological polar surface area (TPSA) is 46.3 Å². The van der Waals surface area contributed by atoms with Crippen LogP contribution in [0.3, 0.4) is 0 Å². The molecule has 1 aromatic rings. The number of nitrogen functional groups attached to an aromatic ring is 1. The number of amides is 1. The van der Waals surface area contributed by atoms with Crippen LogP contribution in [0.4, 0.5) is 5.69 Å². The highest BCUT2D eigenvalue weighted by molar-refractivity contribution is 5.76. The maximum atomic E-state index is 11.9. The molecule has 1 amide bonds. The normalized spacial score (nSPS) is 21.4.